The first-order chi connectivity index (χ1) is 9.35. The Morgan fingerprint density at radius 1 is 1.32 bits per heavy atom. The minimum absolute atomic E-state index is 0.675. The third kappa shape index (κ3) is 4.08. The molecule has 0 aromatic heterocycles. The van der Waals surface area contributed by atoms with Crippen LogP contribution in [0.25, 0.3) is 0 Å². The van der Waals surface area contributed by atoms with E-state index in [0.29, 0.717) is 6.04 Å². The van der Waals surface area contributed by atoms with Gasteiger partial charge in [-0.05, 0) is 12.8 Å². The molecule has 0 spiro atoms. The Morgan fingerprint density at radius 3 is 2.79 bits per heavy atom. The Bertz CT molecular complexity index is 289. The van der Waals surface area contributed by atoms with E-state index < -0.39 is 0 Å². The van der Waals surface area contributed by atoms with Gasteiger partial charge in [-0.25, -0.2) is 0 Å². The second-order valence-corrected chi connectivity index (χ2v) is 5.36. The summed E-state index contributed by atoms with van der Waals surface area (Å²) in [6, 6.07) is 0.675. The topological polar surface area (TPSA) is 40.1 Å². The van der Waals surface area contributed by atoms with E-state index >= 15 is 0 Å². The highest BCUT2D eigenvalue weighted by Crippen LogP contribution is 2.16. The van der Waals surface area contributed by atoms with E-state index in [-0.39, 0.29) is 0 Å². The lowest BCUT2D eigenvalue weighted by molar-refractivity contribution is 0.0195. The summed E-state index contributed by atoms with van der Waals surface area (Å²) < 4.78 is 5.43. The van der Waals surface area contributed by atoms with Crippen LogP contribution in [-0.4, -0.2) is 74.8 Å². The number of guanidine groups is 1. The number of rotatable bonds is 4. The van der Waals surface area contributed by atoms with Gasteiger partial charge in [0, 0.05) is 45.8 Å². The third-order valence-electron chi connectivity index (χ3n) is 4.05. The van der Waals surface area contributed by atoms with Crippen LogP contribution in [0, 0.1) is 0 Å². The van der Waals surface area contributed by atoms with Crippen molar-refractivity contribution in [3.63, 3.8) is 0 Å². The van der Waals surface area contributed by atoms with Gasteiger partial charge in [0.05, 0.1) is 13.2 Å². The number of morpholine rings is 1. The first-order valence-corrected chi connectivity index (χ1v) is 7.62. The molecule has 0 aromatic rings. The van der Waals surface area contributed by atoms with Crippen LogP contribution in [0.5, 0.6) is 0 Å². The molecule has 1 atom stereocenters. The van der Waals surface area contributed by atoms with E-state index in [0.717, 1.165) is 51.9 Å². The molecule has 1 unspecified atom stereocenters. The van der Waals surface area contributed by atoms with E-state index in [4.69, 9.17) is 4.74 Å². The number of nitrogens with zero attached hydrogens (tertiary/aromatic N) is 3. The van der Waals surface area contributed by atoms with Gasteiger partial charge >= 0.3 is 0 Å². The van der Waals surface area contributed by atoms with E-state index in [1.54, 1.807) is 0 Å². The van der Waals surface area contributed by atoms with Crippen LogP contribution in [0.2, 0.25) is 0 Å². The van der Waals surface area contributed by atoms with Crippen molar-refractivity contribution in [2.24, 2.45) is 4.99 Å². The number of ether oxygens (including phenoxy) is 1. The number of unbranched alkanes of at least 4 members (excludes halogenated alkanes) is 1. The summed E-state index contributed by atoms with van der Waals surface area (Å²) in [7, 11) is 1.89. The molecule has 2 fully saturated rings. The minimum Gasteiger partial charge on any atom is -0.379 e. The number of hydrogen-bond donors (Lipinski definition) is 1. The molecule has 0 aliphatic carbocycles. The maximum Gasteiger partial charge on any atom is 0.193 e. The van der Waals surface area contributed by atoms with Crippen molar-refractivity contribution in [3.8, 4) is 0 Å². The van der Waals surface area contributed by atoms with Gasteiger partial charge < -0.3 is 15.0 Å². The Labute approximate surface area is 117 Å². The van der Waals surface area contributed by atoms with E-state index in [2.05, 4.69) is 27.0 Å². The van der Waals surface area contributed by atoms with Crippen LogP contribution < -0.4 is 5.32 Å². The van der Waals surface area contributed by atoms with Crippen molar-refractivity contribution < 1.29 is 4.74 Å². The molecule has 0 amide bonds. The van der Waals surface area contributed by atoms with Crippen molar-refractivity contribution in [2.75, 3.05) is 53.0 Å². The molecule has 0 aromatic carbocycles. The van der Waals surface area contributed by atoms with Gasteiger partial charge in [-0.2, -0.15) is 0 Å². The van der Waals surface area contributed by atoms with Crippen LogP contribution in [0.1, 0.15) is 26.2 Å². The predicted octanol–water partition coefficient (Wildman–Crippen LogP) is 0.768. The van der Waals surface area contributed by atoms with Gasteiger partial charge in [0.25, 0.3) is 0 Å². The van der Waals surface area contributed by atoms with Gasteiger partial charge in [-0.1, -0.05) is 13.3 Å². The molecule has 0 radical (unpaired) electrons. The maximum atomic E-state index is 5.43. The monoisotopic (exact) mass is 268 g/mol. The summed E-state index contributed by atoms with van der Waals surface area (Å²) in [5, 5.41) is 3.47. The first kappa shape index (κ1) is 14.6. The molecule has 0 saturated carbocycles. The molecular formula is C14H28N4O. The van der Waals surface area contributed by atoms with E-state index in [1.807, 2.05) is 7.05 Å². The average molecular weight is 268 g/mol. The second kappa shape index (κ2) is 7.70. The largest absolute Gasteiger partial charge is 0.379 e. The maximum absolute atomic E-state index is 5.43. The fraction of sp³-hybridized carbons (Fsp3) is 0.929. The zero-order chi connectivity index (χ0) is 13.5. The molecule has 2 aliphatic rings. The molecule has 0 bridgehead atoms. The summed E-state index contributed by atoms with van der Waals surface area (Å²) in [6.45, 7) is 9.41. The molecule has 2 aliphatic heterocycles. The van der Waals surface area contributed by atoms with E-state index in [1.165, 1.54) is 19.3 Å². The third-order valence-corrected chi connectivity index (χ3v) is 4.05. The lowest BCUT2D eigenvalue weighted by Crippen LogP contribution is -2.46. The van der Waals surface area contributed by atoms with Crippen molar-refractivity contribution in [2.45, 2.75) is 32.2 Å². The Kier molecular flexibility index (Phi) is 5.92. The first-order valence-electron chi connectivity index (χ1n) is 7.62. The molecule has 2 rings (SSSR count). The zero-order valence-electron chi connectivity index (χ0n) is 12.4. The van der Waals surface area contributed by atoms with Gasteiger partial charge in [0.15, 0.2) is 5.96 Å². The highest BCUT2D eigenvalue weighted by atomic mass is 16.5. The van der Waals surface area contributed by atoms with Gasteiger partial charge in [-0.3, -0.25) is 9.89 Å². The average Bonchev–Trinajstić information content (AvgIpc) is 2.94. The number of nitrogens with one attached hydrogen (secondary N) is 1. The molecule has 2 saturated heterocycles. The van der Waals surface area contributed by atoms with Crippen LogP contribution in [0.3, 0.4) is 0 Å². The Balaban J connectivity index is 1.79. The molecular weight excluding hydrogens is 240 g/mol. The predicted molar refractivity (Wildman–Crippen MR) is 78.6 cm³/mol. The number of hydrogen-bond acceptors (Lipinski definition) is 3. The summed E-state index contributed by atoms with van der Waals surface area (Å²) in [6.07, 6.45) is 3.68. The van der Waals surface area contributed by atoms with Crippen LogP contribution in [0.15, 0.2) is 4.99 Å². The Hall–Kier alpha value is -0.810. The molecule has 2 heterocycles. The fourth-order valence-corrected chi connectivity index (χ4v) is 2.88. The van der Waals surface area contributed by atoms with Crippen molar-refractivity contribution >= 4 is 5.96 Å². The minimum atomic E-state index is 0.675. The summed E-state index contributed by atoms with van der Waals surface area (Å²) in [5.41, 5.74) is 0. The van der Waals surface area contributed by atoms with Crippen LogP contribution in [0.4, 0.5) is 0 Å². The molecule has 19 heavy (non-hydrogen) atoms. The molecule has 5 heteroatoms. The molecule has 110 valence electrons. The highest BCUT2D eigenvalue weighted by Gasteiger charge is 2.29. The SMILES string of the molecule is CCCCNC(=NC)N1CCC(N2CCOCC2)C1. The lowest BCUT2D eigenvalue weighted by atomic mass is 10.2. The van der Waals surface area contributed by atoms with Gasteiger partial charge in [-0.15, -0.1) is 0 Å². The molecule has 1 N–H and O–H groups in total. The second-order valence-electron chi connectivity index (χ2n) is 5.36. The summed E-state index contributed by atoms with van der Waals surface area (Å²) >= 11 is 0. The van der Waals surface area contributed by atoms with Crippen LogP contribution >= 0.6 is 0 Å². The highest BCUT2D eigenvalue weighted by molar-refractivity contribution is 5.80. The zero-order valence-corrected chi connectivity index (χ0v) is 12.4. The van der Waals surface area contributed by atoms with Crippen molar-refractivity contribution in [3.05, 3.63) is 0 Å². The smallest absolute Gasteiger partial charge is 0.193 e. The quantitative estimate of drug-likeness (QED) is 0.464. The number of likely N-dealkylation sites (tertiary alicyclic amines) is 1. The Morgan fingerprint density at radius 2 is 2.11 bits per heavy atom. The normalized spacial score (nSPS) is 25.9. The van der Waals surface area contributed by atoms with E-state index in [9.17, 15) is 0 Å². The van der Waals surface area contributed by atoms with Crippen molar-refractivity contribution in [1.29, 1.82) is 0 Å². The van der Waals surface area contributed by atoms with Gasteiger partial charge in [0.2, 0.25) is 0 Å². The van der Waals surface area contributed by atoms with Crippen LogP contribution in [-0.2, 0) is 4.74 Å². The van der Waals surface area contributed by atoms with Gasteiger partial charge in [0.1, 0.15) is 0 Å². The van der Waals surface area contributed by atoms with Crippen molar-refractivity contribution in [1.82, 2.24) is 15.1 Å². The fourth-order valence-electron chi connectivity index (χ4n) is 2.88. The lowest BCUT2D eigenvalue weighted by Gasteiger charge is -2.32. The number of aliphatic imine (C=N–C) groups is 1. The standard InChI is InChI=1S/C14H28N4O/c1-3-4-6-16-14(15-2)18-7-5-13(12-18)17-8-10-19-11-9-17/h13H,3-12H2,1-2H3,(H,15,16). The summed E-state index contributed by atoms with van der Waals surface area (Å²) in [4.78, 5) is 9.38. The summed E-state index contributed by atoms with van der Waals surface area (Å²) in [5.74, 6) is 1.07. The molecule has 5 nitrogen and oxygen atoms in total.